The van der Waals surface area contributed by atoms with Crippen LogP contribution in [0.25, 0.3) is 15.7 Å². The molecule has 2 heterocycles. The van der Waals surface area contributed by atoms with Crippen LogP contribution in [0.1, 0.15) is 15.2 Å². The number of carbonyl (C=O) groups is 1. The quantitative estimate of drug-likeness (QED) is 0.521. The fraction of sp³-hybridized carbons (Fsp3) is 0.111. The van der Waals surface area contributed by atoms with Gasteiger partial charge in [-0.3, -0.25) is 9.78 Å². The number of ketones is 1. The number of pyridine rings is 1. The van der Waals surface area contributed by atoms with E-state index < -0.39 is 0 Å². The van der Waals surface area contributed by atoms with Gasteiger partial charge in [-0.1, -0.05) is 6.58 Å². The minimum Gasteiger partial charge on any atom is -0.497 e. The van der Waals surface area contributed by atoms with Crippen LogP contribution in [0.2, 0.25) is 0 Å². The summed E-state index contributed by atoms with van der Waals surface area (Å²) in [7, 11) is 3.14. The molecular formula is C18H15NO3S. The molecule has 0 saturated carbocycles. The summed E-state index contributed by atoms with van der Waals surface area (Å²) in [6.45, 7) is 3.96. The Morgan fingerprint density at radius 1 is 1.17 bits per heavy atom. The highest BCUT2D eigenvalue weighted by Crippen LogP contribution is 2.33. The number of aromatic nitrogens is 1. The van der Waals surface area contributed by atoms with Crippen LogP contribution in [0.4, 0.5) is 0 Å². The number of nitrogens with zero attached hydrogens (tertiary/aromatic N) is 1. The first kappa shape index (κ1) is 15.2. The highest BCUT2D eigenvalue weighted by Gasteiger charge is 2.19. The summed E-state index contributed by atoms with van der Waals surface area (Å²) < 4.78 is 11.5. The van der Waals surface area contributed by atoms with E-state index in [1.54, 1.807) is 44.8 Å². The van der Waals surface area contributed by atoms with Gasteiger partial charge < -0.3 is 9.47 Å². The third kappa shape index (κ3) is 2.83. The molecular weight excluding hydrogens is 310 g/mol. The number of hydrogen-bond acceptors (Lipinski definition) is 5. The van der Waals surface area contributed by atoms with Crippen LogP contribution in [-0.2, 0) is 0 Å². The molecule has 0 aliphatic rings. The van der Waals surface area contributed by atoms with E-state index in [2.05, 4.69) is 11.6 Å². The molecule has 116 valence electrons. The lowest BCUT2D eigenvalue weighted by Crippen LogP contribution is -2.02. The smallest absolute Gasteiger partial charge is 0.203 e. The lowest BCUT2D eigenvalue weighted by molar-refractivity contribution is 0.106. The first-order valence-corrected chi connectivity index (χ1v) is 7.75. The van der Waals surface area contributed by atoms with E-state index in [0.29, 0.717) is 27.5 Å². The molecule has 3 rings (SSSR count). The van der Waals surface area contributed by atoms with Gasteiger partial charge in [0.2, 0.25) is 5.78 Å². The summed E-state index contributed by atoms with van der Waals surface area (Å²) in [5.74, 6) is 1.11. The lowest BCUT2D eigenvalue weighted by Gasteiger charge is -2.11. The second-order valence-corrected chi connectivity index (χ2v) is 5.98. The van der Waals surface area contributed by atoms with Crippen LogP contribution in [0, 0.1) is 0 Å². The lowest BCUT2D eigenvalue weighted by atomic mass is 10.0. The average molecular weight is 325 g/mol. The number of Topliss-reactive ketones (excluding diaryl/α,β-unsaturated/α-hetero) is 1. The Hall–Kier alpha value is -2.66. The zero-order valence-electron chi connectivity index (χ0n) is 12.8. The van der Waals surface area contributed by atoms with E-state index in [4.69, 9.17) is 9.47 Å². The van der Waals surface area contributed by atoms with E-state index in [1.807, 2.05) is 12.1 Å². The van der Waals surface area contributed by atoms with Crippen molar-refractivity contribution in [2.45, 2.75) is 0 Å². The first-order valence-electron chi connectivity index (χ1n) is 6.93. The van der Waals surface area contributed by atoms with E-state index in [1.165, 1.54) is 11.3 Å². The van der Waals surface area contributed by atoms with Crippen molar-refractivity contribution in [3.8, 4) is 11.5 Å². The SMILES string of the molecule is C=C(C(=O)c1cc2ccncc2s1)c1cc(OC)ccc1OC. The van der Waals surface area contributed by atoms with Gasteiger partial charge in [0.15, 0.2) is 0 Å². The highest BCUT2D eigenvalue weighted by atomic mass is 32.1. The summed E-state index contributed by atoms with van der Waals surface area (Å²) in [6, 6.07) is 9.06. The van der Waals surface area contributed by atoms with Crippen LogP contribution in [0.15, 0.2) is 49.3 Å². The Bertz CT molecular complexity index is 865. The third-order valence-corrected chi connectivity index (χ3v) is 4.64. The normalized spacial score (nSPS) is 10.5. The van der Waals surface area contributed by atoms with Crippen molar-refractivity contribution in [2.24, 2.45) is 0 Å². The number of hydrogen-bond donors (Lipinski definition) is 0. The van der Waals surface area contributed by atoms with Crippen molar-refractivity contribution < 1.29 is 14.3 Å². The van der Waals surface area contributed by atoms with Crippen molar-refractivity contribution in [1.29, 1.82) is 0 Å². The van der Waals surface area contributed by atoms with Crippen molar-refractivity contribution >= 4 is 32.8 Å². The van der Waals surface area contributed by atoms with Crippen LogP contribution in [0.3, 0.4) is 0 Å². The minimum atomic E-state index is -0.127. The third-order valence-electron chi connectivity index (χ3n) is 3.55. The van der Waals surface area contributed by atoms with Crippen molar-refractivity contribution in [3.05, 3.63) is 59.7 Å². The fourth-order valence-electron chi connectivity index (χ4n) is 2.32. The maximum atomic E-state index is 12.8. The molecule has 3 aromatic rings. The number of benzene rings is 1. The van der Waals surface area contributed by atoms with E-state index in [-0.39, 0.29) is 5.78 Å². The van der Waals surface area contributed by atoms with E-state index >= 15 is 0 Å². The molecule has 0 atom stereocenters. The predicted molar refractivity (Wildman–Crippen MR) is 92.5 cm³/mol. The monoisotopic (exact) mass is 325 g/mol. The summed E-state index contributed by atoms with van der Waals surface area (Å²) in [5, 5.41) is 0.999. The number of ether oxygens (including phenoxy) is 2. The van der Waals surface area contributed by atoms with Gasteiger partial charge in [-0.2, -0.15) is 0 Å². The maximum absolute atomic E-state index is 12.8. The Morgan fingerprint density at radius 3 is 2.70 bits per heavy atom. The molecule has 0 unspecified atom stereocenters. The molecule has 0 radical (unpaired) electrons. The van der Waals surface area contributed by atoms with E-state index in [9.17, 15) is 4.79 Å². The van der Waals surface area contributed by atoms with Gasteiger partial charge in [-0.25, -0.2) is 0 Å². The zero-order valence-corrected chi connectivity index (χ0v) is 13.6. The summed E-state index contributed by atoms with van der Waals surface area (Å²) in [6.07, 6.45) is 3.47. The Kier molecular flexibility index (Phi) is 4.12. The van der Waals surface area contributed by atoms with E-state index in [0.717, 1.165) is 10.1 Å². The Labute approximate surface area is 138 Å². The van der Waals surface area contributed by atoms with Gasteiger partial charge in [-0.15, -0.1) is 11.3 Å². The molecule has 1 aromatic carbocycles. The second kappa shape index (κ2) is 6.22. The summed E-state index contributed by atoms with van der Waals surface area (Å²) >= 11 is 1.41. The summed E-state index contributed by atoms with van der Waals surface area (Å²) in [4.78, 5) is 17.5. The largest absolute Gasteiger partial charge is 0.497 e. The van der Waals surface area contributed by atoms with Crippen molar-refractivity contribution in [3.63, 3.8) is 0 Å². The molecule has 4 nitrogen and oxygen atoms in total. The number of methoxy groups -OCH3 is 2. The summed E-state index contributed by atoms with van der Waals surface area (Å²) in [5.41, 5.74) is 1.01. The van der Waals surface area contributed by atoms with Crippen LogP contribution in [-0.4, -0.2) is 25.0 Å². The highest BCUT2D eigenvalue weighted by molar-refractivity contribution is 7.21. The van der Waals surface area contributed by atoms with Gasteiger partial charge in [0.1, 0.15) is 11.5 Å². The van der Waals surface area contributed by atoms with Crippen molar-refractivity contribution in [2.75, 3.05) is 14.2 Å². The molecule has 0 amide bonds. The molecule has 0 fully saturated rings. The molecule has 2 aromatic heterocycles. The van der Waals surface area contributed by atoms with Gasteiger partial charge in [0, 0.05) is 23.5 Å². The van der Waals surface area contributed by atoms with Crippen LogP contribution in [0.5, 0.6) is 11.5 Å². The molecule has 0 N–H and O–H groups in total. The first-order chi connectivity index (χ1) is 11.1. The topological polar surface area (TPSA) is 48.4 Å². The Morgan fingerprint density at radius 2 is 2.00 bits per heavy atom. The van der Waals surface area contributed by atoms with Gasteiger partial charge in [0.05, 0.1) is 23.8 Å². The van der Waals surface area contributed by atoms with Gasteiger partial charge >= 0.3 is 0 Å². The number of fused-ring (bicyclic) bond motifs is 1. The molecule has 0 aliphatic carbocycles. The van der Waals surface area contributed by atoms with Crippen LogP contribution >= 0.6 is 11.3 Å². The molecule has 0 saturated heterocycles. The number of allylic oxidation sites excluding steroid dienone is 1. The van der Waals surface area contributed by atoms with Gasteiger partial charge in [-0.05, 0) is 35.7 Å². The minimum absolute atomic E-state index is 0.127. The zero-order chi connectivity index (χ0) is 16.4. The molecule has 0 spiro atoms. The maximum Gasteiger partial charge on any atom is 0.203 e. The second-order valence-electron chi connectivity index (χ2n) is 4.90. The molecule has 0 bridgehead atoms. The molecule has 0 aliphatic heterocycles. The molecule has 5 heteroatoms. The predicted octanol–water partition coefficient (Wildman–Crippen LogP) is 4.21. The van der Waals surface area contributed by atoms with Crippen LogP contribution < -0.4 is 9.47 Å². The number of carbonyl (C=O) groups excluding carboxylic acids is 1. The standard InChI is InChI=1S/C18H15NO3S/c1-11(14-9-13(21-2)4-5-15(14)22-3)18(20)16-8-12-6-7-19-10-17(12)23-16/h4-10H,1H2,2-3H3. The fourth-order valence-corrected chi connectivity index (χ4v) is 3.31. The van der Waals surface area contributed by atoms with Gasteiger partial charge in [0.25, 0.3) is 0 Å². The molecule has 23 heavy (non-hydrogen) atoms. The Balaban J connectivity index is 2.00. The van der Waals surface area contributed by atoms with Crippen molar-refractivity contribution in [1.82, 2.24) is 4.98 Å². The number of rotatable bonds is 5. The average Bonchev–Trinajstić information content (AvgIpc) is 3.03. The number of thiophene rings is 1.